The van der Waals surface area contributed by atoms with Gasteiger partial charge in [-0.05, 0) is 43.2 Å². The van der Waals surface area contributed by atoms with Crippen molar-refractivity contribution >= 4 is 33.7 Å². The van der Waals surface area contributed by atoms with Gasteiger partial charge in [0, 0.05) is 4.88 Å². The van der Waals surface area contributed by atoms with Crippen LogP contribution in [0.4, 0.5) is 0 Å². The van der Waals surface area contributed by atoms with E-state index < -0.39 is 5.91 Å². The first-order chi connectivity index (χ1) is 13.5. The molecule has 2 N–H and O–H groups in total. The van der Waals surface area contributed by atoms with Gasteiger partial charge >= 0.3 is 0 Å². The number of hydrogen-bond acceptors (Lipinski definition) is 7. The summed E-state index contributed by atoms with van der Waals surface area (Å²) < 4.78 is 6.56. The highest BCUT2D eigenvalue weighted by Crippen LogP contribution is 2.26. The molecule has 0 atom stereocenters. The number of aryl methyl sites for hydroxylation is 1. The van der Waals surface area contributed by atoms with Crippen molar-refractivity contribution in [3.8, 4) is 11.5 Å². The van der Waals surface area contributed by atoms with Gasteiger partial charge in [-0.15, -0.1) is 11.3 Å². The van der Waals surface area contributed by atoms with Crippen LogP contribution in [0.3, 0.4) is 0 Å². The molecule has 1 aromatic carbocycles. The zero-order chi connectivity index (χ0) is 20.1. The fourth-order valence-electron chi connectivity index (χ4n) is 2.55. The third-order valence-corrected chi connectivity index (χ3v) is 5.11. The number of rotatable bonds is 7. The maximum absolute atomic E-state index is 12.5. The number of aromatic nitrogens is 2. The van der Waals surface area contributed by atoms with Crippen LogP contribution in [0.2, 0.25) is 0 Å². The number of carbonyl (C=O) groups is 1. The van der Waals surface area contributed by atoms with Gasteiger partial charge in [0.05, 0.1) is 24.5 Å². The van der Waals surface area contributed by atoms with Crippen molar-refractivity contribution in [2.45, 2.75) is 26.8 Å². The SMILES string of the molecule is CCOc1cc(/C=N/NC(=O)Cn2cnc3sc(CC)cc3c2=O)ccc1O. The number of amides is 1. The molecule has 2 heterocycles. The summed E-state index contributed by atoms with van der Waals surface area (Å²) in [5, 5.41) is 14.1. The molecule has 3 rings (SSSR count). The maximum Gasteiger partial charge on any atom is 0.262 e. The lowest BCUT2D eigenvalue weighted by Crippen LogP contribution is -2.29. The number of carbonyl (C=O) groups excluding carboxylic acids is 1. The number of nitrogens with zero attached hydrogens (tertiary/aromatic N) is 3. The lowest BCUT2D eigenvalue weighted by atomic mass is 10.2. The van der Waals surface area contributed by atoms with E-state index in [4.69, 9.17) is 4.74 Å². The van der Waals surface area contributed by atoms with Gasteiger partial charge in [-0.1, -0.05) is 6.92 Å². The van der Waals surface area contributed by atoms with Crippen LogP contribution in [0.25, 0.3) is 10.2 Å². The van der Waals surface area contributed by atoms with E-state index in [0.717, 1.165) is 11.3 Å². The van der Waals surface area contributed by atoms with E-state index in [1.54, 1.807) is 12.1 Å². The third kappa shape index (κ3) is 4.37. The minimum atomic E-state index is -0.450. The topological polar surface area (TPSA) is 106 Å². The molecule has 146 valence electrons. The second kappa shape index (κ2) is 8.66. The Morgan fingerprint density at radius 1 is 1.39 bits per heavy atom. The molecular formula is C19H20N4O4S. The number of ether oxygens (including phenoxy) is 1. The molecule has 2 aromatic heterocycles. The lowest BCUT2D eigenvalue weighted by Gasteiger charge is -2.06. The van der Waals surface area contributed by atoms with Crippen LogP contribution in [0, 0.1) is 0 Å². The van der Waals surface area contributed by atoms with Crippen LogP contribution < -0.4 is 15.7 Å². The van der Waals surface area contributed by atoms with Crippen LogP contribution in [-0.2, 0) is 17.8 Å². The number of aromatic hydroxyl groups is 1. The molecule has 0 unspecified atom stereocenters. The van der Waals surface area contributed by atoms with Crippen LogP contribution in [0.5, 0.6) is 11.5 Å². The van der Waals surface area contributed by atoms with Gasteiger partial charge in [-0.3, -0.25) is 14.2 Å². The Morgan fingerprint density at radius 2 is 2.21 bits per heavy atom. The Bertz CT molecular complexity index is 1090. The molecule has 0 aliphatic heterocycles. The Labute approximate surface area is 165 Å². The van der Waals surface area contributed by atoms with Gasteiger partial charge in [0.25, 0.3) is 11.5 Å². The fraction of sp³-hybridized carbons (Fsp3) is 0.263. The summed E-state index contributed by atoms with van der Waals surface area (Å²) in [6.45, 7) is 4.06. The van der Waals surface area contributed by atoms with Crippen molar-refractivity contribution in [3.63, 3.8) is 0 Å². The van der Waals surface area contributed by atoms with Crippen molar-refractivity contribution in [1.29, 1.82) is 0 Å². The highest BCUT2D eigenvalue weighted by atomic mass is 32.1. The van der Waals surface area contributed by atoms with E-state index in [0.29, 0.717) is 28.1 Å². The zero-order valence-corrected chi connectivity index (χ0v) is 16.3. The number of hydrogen-bond donors (Lipinski definition) is 2. The summed E-state index contributed by atoms with van der Waals surface area (Å²) in [7, 11) is 0. The molecule has 28 heavy (non-hydrogen) atoms. The number of fused-ring (bicyclic) bond motifs is 1. The summed E-state index contributed by atoms with van der Waals surface area (Å²) in [5.41, 5.74) is 2.78. The number of phenols is 1. The predicted octanol–water partition coefficient (Wildman–Crippen LogP) is 2.28. The molecule has 0 aliphatic rings. The van der Waals surface area contributed by atoms with Crippen molar-refractivity contribution in [2.24, 2.45) is 5.10 Å². The smallest absolute Gasteiger partial charge is 0.262 e. The molecule has 9 heteroatoms. The van der Waals surface area contributed by atoms with E-state index >= 15 is 0 Å². The highest BCUT2D eigenvalue weighted by molar-refractivity contribution is 7.18. The summed E-state index contributed by atoms with van der Waals surface area (Å²) in [5.74, 6) is -0.0786. The normalized spacial score (nSPS) is 11.2. The first-order valence-electron chi connectivity index (χ1n) is 8.77. The predicted molar refractivity (Wildman–Crippen MR) is 108 cm³/mol. The summed E-state index contributed by atoms with van der Waals surface area (Å²) in [4.78, 5) is 30.6. The largest absolute Gasteiger partial charge is 0.504 e. The Morgan fingerprint density at radius 3 is 2.96 bits per heavy atom. The Hall–Kier alpha value is -3.20. The molecule has 0 spiro atoms. The van der Waals surface area contributed by atoms with E-state index in [1.807, 2.05) is 19.9 Å². The monoisotopic (exact) mass is 400 g/mol. The van der Waals surface area contributed by atoms with Crippen LogP contribution in [-0.4, -0.2) is 33.4 Å². The van der Waals surface area contributed by atoms with E-state index in [2.05, 4.69) is 15.5 Å². The van der Waals surface area contributed by atoms with Gasteiger partial charge in [-0.2, -0.15) is 5.10 Å². The highest BCUT2D eigenvalue weighted by Gasteiger charge is 2.10. The van der Waals surface area contributed by atoms with E-state index in [9.17, 15) is 14.7 Å². The number of phenolic OH excluding ortho intramolecular Hbond substituents is 1. The van der Waals surface area contributed by atoms with Gasteiger partial charge in [0.1, 0.15) is 11.4 Å². The quantitative estimate of drug-likeness (QED) is 0.467. The van der Waals surface area contributed by atoms with Gasteiger partial charge in [0.15, 0.2) is 11.5 Å². The minimum absolute atomic E-state index is 0.0324. The van der Waals surface area contributed by atoms with Gasteiger partial charge < -0.3 is 9.84 Å². The van der Waals surface area contributed by atoms with Crippen molar-refractivity contribution in [3.05, 3.63) is 51.4 Å². The minimum Gasteiger partial charge on any atom is -0.504 e. The third-order valence-electron chi connectivity index (χ3n) is 3.92. The molecule has 1 amide bonds. The standard InChI is InChI=1S/C19H20N4O4S/c1-3-13-8-14-18(28-13)20-11-23(19(14)26)10-17(25)22-21-9-12-5-6-15(24)16(7-12)27-4-2/h5-9,11,24H,3-4,10H2,1-2H3,(H,22,25)/b21-9+. The first-order valence-corrected chi connectivity index (χ1v) is 9.59. The van der Waals surface area contributed by atoms with Crippen LogP contribution in [0.1, 0.15) is 24.3 Å². The Kier molecular flexibility index (Phi) is 6.05. The van der Waals surface area contributed by atoms with Crippen molar-refractivity contribution in [2.75, 3.05) is 6.61 Å². The van der Waals surface area contributed by atoms with Crippen molar-refractivity contribution < 1.29 is 14.6 Å². The second-order valence-corrected chi connectivity index (χ2v) is 7.03. The summed E-state index contributed by atoms with van der Waals surface area (Å²) >= 11 is 1.48. The molecule has 8 nitrogen and oxygen atoms in total. The average molecular weight is 400 g/mol. The van der Waals surface area contributed by atoms with Crippen LogP contribution >= 0.6 is 11.3 Å². The molecule has 0 bridgehead atoms. The molecule has 0 fully saturated rings. The first kappa shape index (κ1) is 19.6. The number of hydrazone groups is 1. The molecule has 0 aliphatic carbocycles. The second-order valence-electron chi connectivity index (χ2n) is 5.92. The van der Waals surface area contributed by atoms with Gasteiger partial charge in [-0.25, -0.2) is 10.4 Å². The number of thiophene rings is 1. The van der Waals surface area contributed by atoms with Crippen LogP contribution in [0.15, 0.2) is 40.5 Å². The number of nitrogens with one attached hydrogen (secondary N) is 1. The van der Waals surface area contributed by atoms with E-state index in [1.165, 1.54) is 34.5 Å². The maximum atomic E-state index is 12.5. The molecule has 3 aromatic rings. The van der Waals surface area contributed by atoms with E-state index in [-0.39, 0.29) is 17.9 Å². The molecular weight excluding hydrogens is 380 g/mol. The zero-order valence-electron chi connectivity index (χ0n) is 15.5. The lowest BCUT2D eigenvalue weighted by molar-refractivity contribution is -0.121. The summed E-state index contributed by atoms with van der Waals surface area (Å²) in [6.07, 6.45) is 3.63. The number of benzene rings is 1. The van der Waals surface area contributed by atoms with Crippen molar-refractivity contribution in [1.82, 2.24) is 15.0 Å². The molecule has 0 saturated heterocycles. The molecule has 0 radical (unpaired) electrons. The Balaban J connectivity index is 1.67. The van der Waals surface area contributed by atoms with Gasteiger partial charge in [0.2, 0.25) is 0 Å². The summed E-state index contributed by atoms with van der Waals surface area (Å²) in [6, 6.07) is 6.55. The average Bonchev–Trinajstić information content (AvgIpc) is 3.11. The molecule has 0 saturated carbocycles. The fourth-order valence-corrected chi connectivity index (χ4v) is 3.47.